The number of carbonyl (C=O) groups excluding carboxylic acids is 2. The molecule has 3 heterocycles. The molecule has 0 radical (unpaired) electrons. The highest BCUT2D eigenvalue weighted by atomic mass is 32.1. The summed E-state index contributed by atoms with van der Waals surface area (Å²) in [6.07, 6.45) is 0.591. The van der Waals surface area contributed by atoms with Gasteiger partial charge in [0.05, 0.1) is 10.2 Å². The molecule has 0 atom stereocenters. The Hall–Kier alpha value is -3.45. The minimum Gasteiger partial charge on any atom is -0.448 e. The lowest BCUT2D eigenvalue weighted by molar-refractivity contribution is -0.122. The van der Waals surface area contributed by atoms with Crippen molar-refractivity contribution in [3.8, 4) is 10.8 Å². The third-order valence-corrected chi connectivity index (χ3v) is 5.67. The summed E-state index contributed by atoms with van der Waals surface area (Å²) in [5, 5.41) is 3.55. The molecule has 6 nitrogen and oxygen atoms in total. The van der Waals surface area contributed by atoms with Crippen LogP contribution in [0.25, 0.3) is 21.0 Å². The molecular weight excluding hydrogens is 374 g/mol. The Bertz CT molecular complexity index is 1160. The molecule has 0 unspecified atom stereocenters. The number of para-hydroxylation sites is 1. The van der Waals surface area contributed by atoms with Gasteiger partial charge in [-0.1, -0.05) is 12.1 Å². The first kappa shape index (κ1) is 16.7. The van der Waals surface area contributed by atoms with Gasteiger partial charge in [-0.2, -0.15) is 0 Å². The second-order valence-corrected chi connectivity index (χ2v) is 7.48. The Morgan fingerprint density at radius 3 is 2.61 bits per heavy atom. The van der Waals surface area contributed by atoms with Gasteiger partial charge in [0.15, 0.2) is 16.5 Å². The summed E-state index contributed by atoms with van der Waals surface area (Å²) in [4.78, 5) is 30.2. The molecule has 4 aromatic rings. The molecule has 1 aliphatic heterocycles. The number of fused-ring (bicyclic) bond motifs is 1. The van der Waals surface area contributed by atoms with Gasteiger partial charge in [-0.25, -0.2) is 4.98 Å². The van der Waals surface area contributed by atoms with Gasteiger partial charge in [0, 0.05) is 24.3 Å². The van der Waals surface area contributed by atoms with E-state index < -0.39 is 0 Å². The molecular formula is C21H15N3O3S. The van der Waals surface area contributed by atoms with Crippen molar-refractivity contribution in [1.29, 1.82) is 0 Å². The molecule has 7 heteroatoms. The second-order valence-electron chi connectivity index (χ2n) is 6.45. The van der Waals surface area contributed by atoms with E-state index in [0.717, 1.165) is 27.5 Å². The number of nitrogens with one attached hydrogen (secondary N) is 1. The van der Waals surface area contributed by atoms with Crippen LogP contribution in [0.4, 0.5) is 11.4 Å². The number of furan rings is 1. The van der Waals surface area contributed by atoms with Gasteiger partial charge in [-0.05, 0) is 48.5 Å². The van der Waals surface area contributed by atoms with Gasteiger partial charge in [0.1, 0.15) is 0 Å². The van der Waals surface area contributed by atoms with Crippen molar-refractivity contribution in [3.05, 3.63) is 66.4 Å². The van der Waals surface area contributed by atoms with E-state index in [1.165, 1.54) is 11.3 Å². The normalized spacial score (nSPS) is 13.6. The van der Waals surface area contributed by atoms with Crippen LogP contribution in [0.2, 0.25) is 0 Å². The van der Waals surface area contributed by atoms with E-state index in [0.29, 0.717) is 17.9 Å². The van der Waals surface area contributed by atoms with E-state index in [4.69, 9.17) is 4.42 Å². The summed E-state index contributed by atoms with van der Waals surface area (Å²) < 4.78 is 6.79. The molecule has 0 saturated carbocycles. The lowest BCUT2D eigenvalue weighted by Gasteiger charge is -2.30. The Morgan fingerprint density at radius 2 is 1.89 bits per heavy atom. The van der Waals surface area contributed by atoms with Crippen LogP contribution in [0.15, 0.2) is 65.1 Å². The molecule has 28 heavy (non-hydrogen) atoms. The average molecular weight is 389 g/mol. The number of rotatable bonds is 4. The number of amides is 2. The van der Waals surface area contributed by atoms with Crippen LogP contribution in [-0.2, 0) is 4.79 Å². The Balaban J connectivity index is 1.31. The zero-order valence-corrected chi connectivity index (χ0v) is 15.5. The van der Waals surface area contributed by atoms with Crippen LogP contribution in [-0.4, -0.2) is 23.3 Å². The lowest BCUT2D eigenvalue weighted by atomic mass is 10.1. The van der Waals surface area contributed by atoms with Gasteiger partial charge in [0.25, 0.3) is 5.91 Å². The van der Waals surface area contributed by atoms with Crippen LogP contribution in [0, 0.1) is 0 Å². The van der Waals surface area contributed by atoms with Crippen LogP contribution < -0.4 is 10.2 Å². The van der Waals surface area contributed by atoms with E-state index >= 15 is 0 Å². The first-order valence-electron chi connectivity index (χ1n) is 8.85. The maximum absolute atomic E-state index is 12.5. The SMILES string of the molecule is O=C(Nc1ccc(N2CCC2=O)cc1)c1ccc(-c2nc3ccccc3s2)o1. The largest absolute Gasteiger partial charge is 0.448 e. The van der Waals surface area contributed by atoms with E-state index in [1.807, 2.05) is 36.4 Å². The number of thiazole rings is 1. The average Bonchev–Trinajstić information content (AvgIpc) is 3.35. The van der Waals surface area contributed by atoms with E-state index in [2.05, 4.69) is 10.3 Å². The summed E-state index contributed by atoms with van der Waals surface area (Å²) >= 11 is 1.52. The molecule has 1 aliphatic rings. The molecule has 0 aliphatic carbocycles. The number of anilines is 2. The third kappa shape index (κ3) is 2.95. The van der Waals surface area contributed by atoms with E-state index in [1.54, 1.807) is 29.2 Å². The fourth-order valence-corrected chi connectivity index (χ4v) is 3.99. The molecule has 5 rings (SSSR count). The fourth-order valence-electron chi connectivity index (χ4n) is 3.06. The summed E-state index contributed by atoms with van der Waals surface area (Å²) in [5.41, 5.74) is 2.38. The zero-order chi connectivity index (χ0) is 19.1. The van der Waals surface area contributed by atoms with Crippen molar-refractivity contribution in [2.24, 2.45) is 0 Å². The monoisotopic (exact) mass is 389 g/mol. The first-order valence-corrected chi connectivity index (χ1v) is 9.66. The van der Waals surface area contributed by atoms with Crippen LogP contribution in [0.5, 0.6) is 0 Å². The van der Waals surface area contributed by atoms with E-state index in [-0.39, 0.29) is 17.6 Å². The lowest BCUT2D eigenvalue weighted by Crippen LogP contribution is -2.43. The molecule has 138 valence electrons. The highest BCUT2D eigenvalue weighted by Crippen LogP contribution is 2.31. The number of benzene rings is 2. The molecule has 0 spiro atoms. The number of aromatic nitrogens is 1. The molecule has 2 aromatic carbocycles. The molecule has 1 fully saturated rings. The van der Waals surface area contributed by atoms with Crippen LogP contribution in [0.3, 0.4) is 0 Å². The number of carbonyl (C=O) groups is 2. The number of hydrogen-bond donors (Lipinski definition) is 1. The first-order chi connectivity index (χ1) is 13.7. The van der Waals surface area contributed by atoms with Crippen LogP contribution in [0.1, 0.15) is 17.0 Å². The minimum absolute atomic E-state index is 0.120. The topological polar surface area (TPSA) is 75.4 Å². The third-order valence-electron chi connectivity index (χ3n) is 4.62. The molecule has 0 bridgehead atoms. The van der Waals surface area contributed by atoms with Crippen molar-refractivity contribution in [1.82, 2.24) is 4.98 Å². The van der Waals surface area contributed by atoms with Crippen LogP contribution >= 0.6 is 11.3 Å². The number of β-lactam (4-membered cyclic amide) rings is 1. The van der Waals surface area contributed by atoms with Gasteiger partial charge in [-0.3, -0.25) is 9.59 Å². The van der Waals surface area contributed by atoms with Crippen molar-refractivity contribution in [3.63, 3.8) is 0 Å². The zero-order valence-electron chi connectivity index (χ0n) is 14.7. The molecule has 1 saturated heterocycles. The standard InChI is InChI=1S/C21H15N3O3S/c25-19-11-12-24(19)14-7-5-13(6-8-14)22-20(26)16-9-10-17(27-16)21-23-15-3-1-2-4-18(15)28-21/h1-10H,11-12H2,(H,22,26). The number of hydrogen-bond acceptors (Lipinski definition) is 5. The van der Waals surface area contributed by atoms with Gasteiger partial charge < -0.3 is 14.6 Å². The van der Waals surface area contributed by atoms with Gasteiger partial charge in [-0.15, -0.1) is 11.3 Å². The summed E-state index contributed by atoms with van der Waals surface area (Å²) in [6.45, 7) is 0.742. The summed E-state index contributed by atoms with van der Waals surface area (Å²) in [7, 11) is 0. The molecule has 2 amide bonds. The minimum atomic E-state index is -0.333. The van der Waals surface area contributed by atoms with Crippen molar-refractivity contribution < 1.29 is 14.0 Å². The smallest absolute Gasteiger partial charge is 0.291 e. The second kappa shape index (κ2) is 6.61. The van der Waals surface area contributed by atoms with Gasteiger partial charge in [0.2, 0.25) is 5.91 Å². The van der Waals surface area contributed by atoms with Gasteiger partial charge >= 0.3 is 0 Å². The highest BCUT2D eigenvalue weighted by Gasteiger charge is 2.25. The predicted molar refractivity (Wildman–Crippen MR) is 109 cm³/mol. The highest BCUT2D eigenvalue weighted by molar-refractivity contribution is 7.21. The maximum atomic E-state index is 12.5. The molecule has 1 N–H and O–H groups in total. The predicted octanol–water partition coefficient (Wildman–Crippen LogP) is 4.55. The Kier molecular flexibility index (Phi) is 3.95. The summed E-state index contributed by atoms with van der Waals surface area (Å²) in [6, 6.07) is 18.4. The Morgan fingerprint density at radius 1 is 1.07 bits per heavy atom. The van der Waals surface area contributed by atoms with E-state index in [9.17, 15) is 9.59 Å². The van der Waals surface area contributed by atoms with Crippen molar-refractivity contribution in [2.45, 2.75) is 6.42 Å². The van der Waals surface area contributed by atoms with Crippen molar-refractivity contribution in [2.75, 3.05) is 16.8 Å². The Labute approximate surface area is 164 Å². The quantitative estimate of drug-likeness (QED) is 0.520. The maximum Gasteiger partial charge on any atom is 0.291 e. The fraction of sp³-hybridized carbons (Fsp3) is 0.0952. The summed E-state index contributed by atoms with van der Waals surface area (Å²) in [5.74, 6) is 0.573. The van der Waals surface area contributed by atoms with Crippen molar-refractivity contribution >= 4 is 44.7 Å². The number of nitrogens with zero attached hydrogens (tertiary/aromatic N) is 2. The molecule has 2 aromatic heterocycles.